The van der Waals surface area contributed by atoms with E-state index in [1.807, 2.05) is 18.2 Å². The average Bonchev–Trinajstić information content (AvgIpc) is 2.51. The van der Waals surface area contributed by atoms with Gasteiger partial charge in [-0.15, -0.1) is 0 Å². The SMILES string of the molecule is O=C1N=CC(Cc2ccc([N+](=O)[O-])cc2)c2ccccc21. The Morgan fingerprint density at radius 2 is 1.81 bits per heavy atom. The maximum Gasteiger partial charge on any atom is 0.276 e. The van der Waals surface area contributed by atoms with Crippen molar-refractivity contribution < 1.29 is 9.72 Å². The third kappa shape index (κ3) is 2.58. The second-order valence-electron chi connectivity index (χ2n) is 4.90. The molecule has 1 heterocycles. The summed E-state index contributed by atoms with van der Waals surface area (Å²) < 4.78 is 0. The molecule has 1 aliphatic heterocycles. The van der Waals surface area contributed by atoms with E-state index in [1.54, 1.807) is 24.4 Å². The highest BCUT2D eigenvalue weighted by Crippen LogP contribution is 2.27. The average molecular weight is 280 g/mol. The number of benzene rings is 2. The highest BCUT2D eigenvalue weighted by atomic mass is 16.6. The van der Waals surface area contributed by atoms with Crippen LogP contribution in [-0.2, 0) is 6.42 Å². The van der Waals surface area contributed by atoms with Gasteiger partial charge in [0.1, 0.15) is 0 Å². The maximum atomic E-state index is 11.7. The van der Waals surface area contributed by atoms with Crippen LogP contribution in [0.4, 0.5) is 5.69 Å². The molecule has 2 aromatic rings. The van der Waals surface area contributed by atoms with Gasteiger partial charge in [0.25, 0.3) is 11.6 Å². The molecule has 0 saturated carbocycles. The molecular formula is C16H12N2O3. The molecule has 104 valence electrons. The first-order chi connectivity index (χ1) is 10.1. The summed E-state index contributed by atoms with van der Waals surface area (Å²) in [5.74, 6) is -0.203. The number of nitro benzene ring substituents is 1. The van der Waals surface area contributed by atoms with Crippen molar-refractivity contribution in [2.45, 2.75) is 12.3 Å². The molecule has 0 bridgehead atoms. The van der Waals surface area contributed by atoms with Gasteiger partial charge in [0.2, 0.25) is 0 Å². The minimum atomic E-state index is -0.417. The Morgan fingerprint density at radius 1 is 1.10 bits per heavy atom. The standard InChI is InChI=1S/C16H12N2O3/c19-16-15-4-2-1-3-14(15)12(10-17-16)9-11-5-7-13(8-6-11)18(20)21/h1-8,10,12H,9H2. The second-order valence-corrected chi connectivity index (χ2v) is 4.90. The first kappa shape index (κ1) is 13.2. The minimum Gasteiger partial charge on any atom is -0.267 e. The lowest BCUT2D eigenvalue weighted by atomic mass is 9.87. The molecule has 1 aliphatic rings. The second kappa shape index (κ2) is 5.28. The van der Waals surface area contributed by atoms with Crippen LogP contribution in [0.1, 0.15) is 27.4 Å². The number of rotatable bonds is 3. The van der Waals surface area contributed by atoms with Gasteiger partial charge in [-0.1, -0.05) is 30.3 Å². The van der Waals surface area contributed by atoms with Crippen molar-refractivity contribution in [1.29, 1.82) is 0 Å². The lowest BCUT2D eigenvalue weighted by Crippen LogP contribution is -2.15. The number of nitro groups is 1. The summed E-state index contributed by atoms with van der Waals surface area (Å²) in [4.78, 5) is 25.9. The van der Waals surface area contributed by atoms with Crippen molar-refractivity contribution in [2.75, 3.05) is 0 Å². The van der Waals surface area contributed by atoms with Gasteiger partial charge in [0.05, 0.1) is 4.92 Å². The van der Waals surface area contributed by atoms with Crippen LogP contribution in [0.2, 0.25) is 0 Å². The summed E-state index contributed by atoms with van der Waals surface area (Å²) in [7, 11) is 0. The van der Waals surface area contributed by atoms with Crippen LogP contribution in [0.15, 0.2) is 53.5 Å². The number of fused-ring (bicyclic) bond motifs is 1. The normalized spacial score (nSPS) is 16.6. The van der Waals surface area contributed by atoms with E-state index in [9.17, 15) is 14.9 Å². The fraction of sp³-hybridized carbons (Fsp3) is 0.125. The van der Waals surface area contributed by atoms with Gasteiger partial charge in [-0.2, -0.15) is 0 Å². The van der Waals surface area contributed by atoms with Crippen LogP contribution in [0.3, 0.4) is 0 Å². The molecule has 0 spiro atoms. The van der Waals surface area contributed by atoms with Gasteiger partial charge >= 0.3 is 0 Å². The molecule has 0 aromatic heterocycles. The van der Waals surface area contributed by atoms with Gasteiger partial charge in [0, 0.05) is 29.8 Å². The van der Waals surface area contributed by atoms with Gasteiger partial charge < -0.3 is 0 Å². The predicted molar refractivity (Wildman–Crippen MR) is 78.8 cm³/mol. The lowest BCUT2D eigenvalue weighted by molar-refractivity contribution is -0.384. The zero-order valence-corrected chi connectivity index (χ0v) is 11.1. The monoisotopic (exact) mass is 280 g/mol. The van der Waals surface area contributed by atoms with Crippen molar-refractivity contribution >= 4 is 17.8 Å². The van der Waals surface area contributed by atoms with Crippen LogP contribution in [0, 0.1) is 10.1 Å². The van der Waals surface area contributed by atoms with E-state index < -0.39 is 4.92 Å². The fourth-order valence-corrected chi connectivity index (χ4v) is 2.49. The number of carbonyl (C=O) groups is 1. The largest absolute Gasteiger partial charge is 0.276 e. The summed E-state index contributed by atoms with van der Waals surface area (Å²) in [5.41, 5.74) is 2.63. The van der Waals surface area contributed by atoms with Crippen molar-refractivity contribution in [3.63, 3.8) is 0 Å². The summed E-state index contributed by atoms with van der Waals surface area (Å²) in [6.45, 7) is 0. The van der Waals surface area contributed by atoms with E-state index in [-0.39, 0.29) is 17.5 Å². The first-order valence-corrected chi connectivity index (χ1v) is 6.56. The highest BCUT2D eigenvalue weighted by molar-refractivity contribution is 6.04. The third-order valence-corrected chi connectivity index (χ3v) is 3.57. The Morgan fingerprint density at radius 3 is 2.52 bits per heavy atom. The molecule has 2 aromatic carbocycles. The Kier molecular flexibility index (Phi) is 3.31. The van der Waals surface area contributed by atoms with E-state index in [4.69, 9.17) is 0 Å². The summed E-state index contributed by atoms with van der Waals surface area (Å²) in [6.07, 6.45) is 2.32. The molecule has 0 fully saturated rings. The predicted octanol–water partition coefficient (Wildman–Crippen LogP) is 3.15. The van der Waals surface area contributed by atoms with E-state index in [0.717, 1.165) is 11.1 Å². The molecule has 0 N–H and O–H groups in total. The van der Waals surface area contributed by atoms with E-state index >= 15 is 0 Å². The number of hydrogen-bond donors (Lipinski definition) is 0. The summed E-state index contributed by atoms with van der Waals surface area (Å²) in [5, 5.41) is 10.6. The first-order valence-electron chi connectivity index (χ1n) is 6.56. The van der Waals surface area contributed by atoms with E-state index in [2.05, 4.69) is 4.99 Å². The summed E-state index contributed by atoms with van der Waals surface area (Å²) >= 11 is 0. The zero-order valence-electron chi connectivity index (χ0n) is 11.1. The molecule has 3 rings (SSSR count). The van der Waals surface area contributed by atoms with Crippen molar-refractivity contribution in [3.8, 4) is 0 Å². The molecule has 21 heavy (non-hydrogen) atoms. The van der Waals surface area contributed by atoms with E-state index in [0.29, 0.717) is 12.0 Å². The Labute approximate surface area is 121 Å². The lowest BCUT2D eigenvalue weighted by Gasteiger charge is -2.19. The van der Waals surface area contributed by atoms with Crippen LogP contribution in [0.25, 0.3) is 0 Å². The van der Waals surface area contributed by atoms with Crippen molar-refractivity contribution in [3.05, 3.63) is 75.3 Å². The quantitative estimate of drug-likeness (QED) is 0.640. The molecule has 0 saturated heterocycles. The molecule has 0 aliphatic carbocycles. The fourth-order valence-electron chi connectivity index (χ4n) is 2.49. The molecule has 1 amide bonds. The number of nitrogens with zero attached hydrogens (tertiary/aromatic N) is 2. The molecule has 1 unspecified atom stereocenters. The van der Waals surface area contributed by atoms with Crippen molar-refractivity contribution in [2.24, 2.45) is 4.99 Å². The van der Waals surface area contributed by atoms with Crippen LogP contribution >= 0.6 is 0 Å². The number of non-ortho nitro benzene ring substituents is 1. The zero-order chi connectivity index (χ0) is 14.8. The van der Waals surface area contributed by atoms with Crippen molar-refractivity contribution in [1.82, 2.24) is 0 Å². The maximum absolute atomic E-state index is 11.7. The Hall–Kier alpha value is -2.82. The molecule has 5 nitrogen and oxygen atoms in total. The highest BCUT2D eigenvalue weighted by Gasteiger charge is 2.22. The number of hydrogen-bond acceptors (Lipinski definition) is 3. The van der Waals surface area contributed by atoms with Gasteiger partial charge in [0.15, 0.2) is 0 Å². The van der Waals surface area contributed by atoms with Gasteiger partial charge in [-0.3, -0.25) is 14.9 Å². The molecule has 0 radical (unpaired) electrons. The Balaban J connectivity index is 1.87. The van der Waals surface area contributed by atoms with Crippen LogP contribution in [0.5, 0.6) is 0 Å². The molecule has 5 heteroatoms. The minimum absolute atomic E-state index is 0.0142. The number of carbonyl (C=O) groups excluding carboxylic acids is 1. The number of amides is 1. The van der Waals surface area contributed by atoms with Crippen LogP contribution in [-0.4, -0.2) is 17.0 Å². The van der Waals surface area contributed by atoms with Gasteiger partial charge in [-0.25, -0.2) is 4.99 Å². The third-order valence-electron chi connectivity index (χ3n) is 3.57. The smallest absolute Gasteiger partial charge is 0.267 e. The molecule has 1 atom stereocenters. The topological polar surface area (TPSA) is 72.6 Å². The molecular weight excluding hydrogens is 268 g/mol. The number of aliphatic imine (C=N–C) groups is 1. The van der Waals surface area contributed by atoms with Gasteiger partial charge in [-0.05, 0) is 23.6 Å². The van der Waals surface area contributed by atoms with Crippen LogP contribution < -0.4 is 0 Å². The Bertz CT molecular complexity index is 735. The summed E-state index contributed by atoms with van der Waals surface area (Å²) in [6, 6.07) is 13.9. The van der Waals surface area contributed by atoms with E-state index in [1.165, 1.54) is 12.1 Å².